The molecular weight excluding hydrogens is 332 g/mol. The number of amides is 1. The van der Waals surface area contributed by atoms with Crippen LogP contribution < -0.4 is 0 Å². The lowest BCUT2D eigenvalue weighted by Crippen LogP contribution is -2.29. The maximum atomic E-state index is 12.4. The van der Waals surface area contributed by atoms with E-state index in [0.29, 0.717) is 5.75 Å². The summed E-state index contributed by atoms with van der Waals surface area (Å²) in [7, 11) is 0. The standard InChI is InChI=1S/C19H22N4OS/c1-12-6-7-13(2)17-15(12)10-14(3)18-20-21-19(23(17)18)25-11-16(24)22-8-4-5-9-22/h6-7,10H,4-5,8-9,11H2,1-3H3. The highest BCUT2D eigenvalue weighted by Gasteiger charge is 2.20. The fraction of sp³-hybridized carbons (Fsp3) is 0.421. The zero-order valence-corrected chi connectivity index (χ0v) is 15.7. The van der Waals surface area contributed by atoms with Gasteiger partial charge in [-0.3, -0.25) is 9.20 Å². The van der Waals surface area contributed by atoms with Gasteiger partial charge in [0.1, 0.15) is 0 Å². The van der Waals surface area contributed by atoms with Crippen molar-refractivity contribution in [2.24, 2.45) is 0 Å². The lowest BCUT2D eigenvalue weighted by molar-refractivity contribution is -0.127. The zero-order chi connectivity index (χ0) is 17.6. The molecule has 1 aliphatic rings. The fourth-order valence-corrected chi connectivity index (χ4v) is 4.42. The maximum absolute atomic E-state index is 12.4. The topological polar surface area (TPSA) is 50.5 Å². The molecule has 0 spiro atoms. The molecule has 1 fully saturated rings. The summed E-state index contributed by atoms with van der Waals surface area (Å²) in [6.45, 7) is 8.08. The summed E-state index contributed by atoms with van der Waals surface area (Å²) in [6.07, 6.45) is 2.24. The van der Waals surface area contributed by atoms with Gasteiger partial charge < -0.3 is 4.90 Å². The lowest BCUT2D eigenvalue weighted by atomic mass is 10.0. The third-order valence-corrected chi connectivity index (χ3v) is 5.90. The monoisotopic (exact) mass is 354 g/mol. The first-order chi connectivity index (χ1) is 12.1. The Morgan fingerprint density at radius 3 is 2.56 bits per heavy atom. The number of nitrogens with zero attached hydrogens (tertiary/aromatic N) is 4. The Bertz CT molecular complexity index is 973. The second kappa shape index (κ2) is 6.33. The van der Waals surface area contributed by atoms with Crippen LogP contribution >= 0.6 is 11.8 Å². The molecule has 3 heterocycles. The summed E-state index contributed by atoms with van der Waals surface area (Å²) < 4.78 is 2.12. The van der Waals surface area contributed by atoms with Gasteiger partial charge in [0.05, 0.1) is 11.3 Å². The van der Waals surface area contributed by atoms with Gasteiger partial charge in [0.15, 0.2) is 10.8 Å². The van der Waals surface area contributed by atoms with Crippen molar-refractivity contribution in [1.82, 2.24) is 19.5 Å². The molecule has 6 heteroatoms. The van der Waals surface area contributed by atoms with Crippen LogP contribution in [-0.4, -0.2) is 44.2 Å². The van der Waals surface area contributed by atoms with Crippen molar-refractivity contribution in [1.29, 1.82) is 0 Å². The number of aryl methyl sites for hydroxylation is 3. The SMILES string of the molecule is Cc1ccc(C)c2c1cc(C)c1nnc(SCC(=O)N3CCCC3)n12. The predicted molar refractivity (Wildman–Crippen MR) is 101 cm³/mol. The Hall–Kier alpha value is -2.08. The zero-order valence-electron chi connectivity index (χ0n) is 14.9. The number of pyridine rings is 1. The third kappa shape index (κ3) is 2.78. The average Bonchev–Trinajstić information content (AvgIpc) is 3.26. The van der Waals surface area contributed by atoms with E-state index in [4.69, 9.17) is 0 Å². The number of carbonyl (C=O) groups excluding carboxylic acids is 1. The molecule has 4 rings (SSSR count). The first kappa shape index (κ1) is 16.4. The minimum Gasteiger partial charge on any atom is -0.342 e. The van der Waals surface area contributed by atoms with E-state index >= 15 is 0 Å². The van der Waals surface area contributed by atoms with Crippen LogP contribution in [0.5, 0.6) is 0 Å². The fourth-order valence-electron chi connectivity index (χ4n) is 3.58. The molecule has 1 aromatic carbocycles. The van der Waals surface area contributed by atoms with Crippen LogP contribution in [0, 0.1) is 20.8 Å². The second-order valence-corrected chi connectivity index (χ2v) is 7.75. The van der Waals surface area contributed by atoms with E-state index in [0.717, 1.165) is 47.8 Å². The van der Waals surface area contributed by atoms with E-state index in [9.17, 15) is 4.79 Å². The van der Waals surface area contributed by atoms with Crippen LogP contribution in [0.15, 0.2) is 23.4 Å². The molecule has 0 saturated carbocycles. The maximum Gasteiger partial charge on any atom is 0.233 e. The number of thioether (sulfide) groups is 1. The Morgan fingerprint density at radius 2 is 1.80 bits per heavy atom. The number of fused-ring (bicyclic) bond motifs is 3. The van der Waals surface area contributed by atoms with Gasteiger partial charge in [0, 0.05) is 18.5 Å². The average molecular weight is 354 g/mol. The molecule has 0 aliphatic carbocycles. The van der Waals surface area contributed by atoms with Crippen molar-refractivity contribution in [3.63, 3.8) is 0 Å². The minimum atomic E-state index is 0.198. The molecule has 25 heavy (non-hydrogen) atoms. The highest BCUT2D eigenvalue weighted by molar-refractivity contribution is 7.99. The quantitative estimate of drug-likeness (QED) is 0.675. The van der Waals surface area contributed by atoms with Crippen molar-refractivity contribution in [2.45, 2.75) is 38.8 Å². The highest BCUT2D eigenvalue weighted by atomic mass is 32.2. The Kier molecular flexibility index (Phi) is 4.15. The third-order valence-electron chi connectivity index (χ3n) is 4.99. The smallest absolute Gasteiger partial charge is 0.233 e. The van der Waals surface area contributed by atoms with Crippen LogP contribution in [0.1, 0.15) is 29.5 Å². The second-order valence-electron chi connectivity index (χ2n) is 6.81. The Labute approximate surface area is 151 Å². The van der Waals surface area contributed by atoms with Gasteiger partial charge in [-0.2, -0.15) is 0 Å². The van der Waals surface area contributed by atoms with E-state index in [-0.39, 0.29) is 5.91 Å². The summed E-state index contributed by atoms with van der Waals surface area (Å²) in [6, 6.07) is 6.47. The molecule has 0 atom stereocenters. The van der Waals surface area contributed by atoms with Crippen LogP contribution in [0.25, 0.3) is 16.6 Å². The number of aromatic nitrogens is 3. The molecule has 0 bridgehead atoms. The number of carbonyl (C=O) groups is 1. The molecule has 130 valence electrons. The molecule has 1 aliphatic heterocycles. The van der Waals surface area contributed by atoms with E-state index in [2.05, 4.69) is 53.6 Å². The summed E-state index contributed by atoms with van der Waals surface area (Å²) in [4.78, 5) is 14.3. The number of benzene rings is 1. The van der Waals surface area contributed by atoms with Crippen molar-refractivity contribution >= 4 is 34.2 Å². The Morgan fingerprint density at radius 1 is 1.08 bits per heavy atom. The van der Waals surface area contributed by atoms with Crippen molar-refractivity contribution in [2.75, 3.05) is 18.8 Å². The van der Waals surface area contributed by atoms with Crippen LogP contribution in [0.3, 0.4) is 0 Å². The summed E-state index contributed by atoms with van der Waals surface area (Å²) in [5.74, 6) is 0.616. The molecule has 0 unspecified atom stereocenters. The van der Waals surface area contributed by atoms with Crippen molar-refractivity contribution in [3.8, 4) is 0 Å². The van der Waals surface area contributed by atoms with Gasteiger partial charge in [-0.05, 0) is 56.4 Å². The molecule has 1 amide bonds. The van der Waals surface area contributed by atoms with Crippen LogP contribution in [0.4, 0.5) is 0 Å². The predicted octanol–water partition coefficient (Wildman–Crippen LogP) is 3.52. The lowest BCUT2D eigenvalue weighted by Gasteiger charge is -2.15. The van der Waals surface area contributed by atoms with E-state index < -0.39 is 0 Å². The number of hydrogen-bond acceptors (Lipinski definition) is 4. The van der Waals surface area contributed by atoms with Crippen LogP contribution in [0.2, 0.25) is 0 Å². The minimum absolute atomic E-state index is 0.198. The molecule has 5 nitrogen and oxygen atoms in total. The van der Waals surface area contributed by atoms with E-state index in [1.807, 2.05) is 4.90 Å². The van der Waals surface area contributed by atoms with E-state index in [1.54, 1.807) is 0 Å². The first-order valence-electron chi connectivity index (χ1n) is 8.71. The number of rotatable bonds is 3. The van der Waals surface area contributed by atoms with Gasteiger partial charge in [-0.1, -0.05) is 23.9 Å². The Balaban J connectivity index is 1.77. The summed E-state index contributed by atoms with van der Waals surface area (Å²) >= 11 is 1.49. The molecule has 2 aromatic heterocycles. The molecule has 1 saturated heterocycles. The largest absolute Gasteiger partial charge is 0.342 e. The molecule has 0 N–H and O–H groups in total. The van der Waals surface area contributed by atoms with Gasteiger partial charge in [0.25, 0.3) is 0 Å². The van der Waals surface area contributed by atoms with Gasteiger partial charge >= 0.3 is 0 Å². The first-order valence-corrected chi connectivity index (χ1v) is 9.70. The van der Waals surface area contributed by atoms with Crippen molar-refractivity contribution in [3.05, 3.63) is 34.9 Å². The molecular formula is C19H22N4OS. The number of likely N-dealkylation sites (tertiary alicyclic amines) is 1. The van der Waals surface area contributed by atoms with E-state index in [1.165, 1.54) is 28.3 Å². The summed E-state index contributed by atoms with van der Waals surface area (Å²) in [5, 5.41) is 10.8. The molecule has 0 radical (unpaired) electrons. The van der Waals surface area contributed by atoms with Gasteiger partial charge in [0.2, 0.25) is 5.91 Å². The van der Waals surface area contributed by atoms with Gasteiger partial charge in [-0.15, -0.1) is 10.2 Å². The normalized spacial score (nSPS) is 14.8. The molecule has 3 aromatic rings. The van der Waals surface area contributed by atoms with Crippen LogP contribution in [-0.2, 0) is 4.79 Å². The van der Waals surface area contributed by atoms with Gasteiger partial charge in [-0.25, -0.2) is 0 Å². The highest BCUT2D eigenvalue weighted by Crippen LogP contribution is 2.29. The number of hydrogen-bond donors (Lipinski definition) is 0. The summed E-state index contributed by atoms with van der Waals surface area (Å²) in [5.41, 5.74) is 5.55. The van der Waals surface area contributed by atoms with Crippen molar-refractivity contribution < 1.29 is 4.79 Å².